The summed E-state index contributed by atoms with van der Waals surface area (Å²) in [6, 6.07) is 11.3. The Balaban J connectivity index is 1.75. The van der Waals surface area contributed by atoms with Crippen LogP contribution in [0.5, 0.6) is 0 Å². The standard InChI is InChI=1S/C19H16BrF3N2O4/c20-12-5-7-13(8-6-12)24-16(26)9-10-18(28)29-11-17(27)25-15-4-2-1-3-14(15)19(21,22)23/h1-8H,9-11H2,(H,24,26)(H,25,27). The molecule has 0 atom stereocenters. The molecular weight excluding hydrogens is 457 g/mol. The minimum absolute atomic E-state index is 0.173. The number of esters is 1. The Hall–Kier alpha value is -2.88. The maximum absolute atomic E-state index is 12.9. The van der Waals surface area contributed by atoms with Crippen LogP contribution in [0.4, 0.5) is 24.5 Å². The number of hydrogen-bond donors (Lipinski definition) is 2. The van der Waals surface area contributed by atoms with Crippen LogP contribution in [-0.4, -0.2) is 24.4 Å². The summed E-state index contributed by atoms with van der Waals surface area (Å²) in [5.41, 5.74) is -0.895. The number of anilines is 2. The van der Waals surface area contributed by atoms with E-state index in [2.05, 4.69) is 26.6 Å². The number of ether oxygens (including phenoxy) is 1. The first kappa shape index (κ1) is 22.4. The third kappa shape index (κ3) is 7.57. The van der Waals surface area contributed by atoms with Crippen molar-refractivity contribution in [3.63, 3.8) is 0 Å². The van der Waals surface area contributed by atoms with E-state index in [-0.39, 0.29) is 12.8 Å². The van der Waals surface area contributed by atoms with Crippen LogP contribution in [0.1, 0.15) is 18.4 Å². The molecule has 2 N–H and O–H groups in total. The maximum Gasteiger partial charge on any atom is 0.418 e. The summed E-state index contributed by atoms with van der Waals surface area (Å²) in [5.74, 6) is -2.17. The van der Waals surface area contributed by atoms with Gasteiger partial charge in [0.2, 0.25) is 5.91 Å². The van der Waals surface area contributed by atoms with Gasteiger partial charge < -0.3 is 15.4 Å². The smallest absolute Gasteiger partial charge is 0.418 e. The number of alkyl halides is 3. The Morgan fingerprint density at radius 2 is 1.55 bits per heavy atom. The molecule has 0 radical (unpaired) electrons. The number of amides is 2. The van der Waals surface area contributed by atoms with Crippen molar-refractivity contribution in [1.82, 2.24) is 0 Å². The summed E-state index contributed by atoms with van der Waals surface area (Å²) in [4.78, 5) is 35.2. The molecule has 0 spiro atoms. The van der Waals surface area contributed by atoms with Gasteiger partial charge in [-0.05, 0) is 36.4 Å². The van der Waals surface area contributed by atoms with E-state index in [0.717, 1.165) is 16.6 Å². The minimum Gasteiger partial charge on any atom is -0.456 e. The van der Waals surface area contributed by atoms with Gasteiger partial charge in [0.15, 0.2) is 6.61 Å². The van der Waals surface area contributed by atoms with Gasteiger partial charge in [0.05, 0.1) is 17.7 Å². The Morgan fingerprint density at radius 3 is 2.21 bits per heavy atom. The molecule has 2 aromatic carbocycles. The molecule has 2 aromatic rings. The first-order valence-corrected chi connectivity index (χ1v) is 9.11. The van der Waals surface area contributed by atoms with Crippen LogP contribution in [-0.2, 0) is 25.3 Å². The van der Waals surface area contributed by atoms with Gasteiger partial charge in [-0.2, -0.15) is 13.2 Å². The number of carbonyl (C=O) groups is 3. The Kier molecular flexibility index (Phi) is 7.77. The zero-order valence-electron chi connectivity index (χ0n) is 14.9. The highest BCUT2D eigenvalue weighted by molar-refractivity contribution is 9.10. The molecule has 0 aliphatic heterocycles. The molecular formula is C19H16BrF3N2O4. The molecule has 2 rings (SSSR count). The van der Waals surface area contributed by atoms with Crippen molar-refractivity contribution < 1.29 is 32.3 Å². The highest BCUT2D eigenvalue weighted by Crippen LogP contribution is 2.34. The van der Waals surface area contributed by atoms with Crippen LogP contribution in [0.3, 0.4) is 0 Å². The van der Waals surface area contributed by atoms with Gasteiger partial charge in [0, 0.05) is 16.6 Å². The molecule has 154 valence electrons. The van der Waals surface area contributed by atoms with Crippen molar-refractivity contribution in [3.8, 4) is 0 Å². The molecule has 2 amide bonds. The molecule has 29 heavy (non-hydrogen) atoms. The van der Waals surface area contributed by atoms with Crippen molar-refractivity contribution in [2.75, 3.05) is 17.2 Å². The van der Waals surface area contributed by atoms with Gasteiger partial charge in [-0.3, -0.25) is 14.4 Å². The van der Waals surface area contributed by atoms with Gasteiger partial charge >= 0.3 is 12.1 Å². The van der Waals surface area contributed by atoms with E-state index in [0.29, 0.717) is 5.69 Å². The molecule has 0 saturated carbocycles. The fourth-order valence-corrected chi connectivity index (χ4v) is 2.48. The number of halogens is 4. The lowest BCUT2D eigenvalue weighted by Gasteiger charge is -2.13. The number of para-hydroxylation sites is 1. The van der Waals surface area contributed by atoms with E-state index in [1.165, 1.54) is 12.1 Å². The molecule has 0 bridgehead atoms. The van der Waals surface area contributed by atoms with E-state index in [9.17, 15) is 27.6 Å². The summed E-state index contributed by atoms with van der Waals surface area (Å²) < 4.78 is 44.2. The topological polar surface area (TPSA) is 84.5 Å². The van der Waals surface area contributed by atoms with Crippen LogP contribution in [0.25, 0.3) is 0 Å². The highest BCUT2D eigenvalue weighted by atomic mass is 79.9. The van der Waals surface area contributed by atoms with E-state index in [4.69, 9.17) is 4.74 Å². The number of nitrogens with one attached hydrogen (secondary N) is 2. The average Bonchev–Trinajstić information content (AvgIpc) is 2.66. The first-order valence-electron chi connectivity index (χ1n) is 8.32. The number of rotatable bonds is 7. The fourth-order valence-electron chi connectivity index (χ4n) is 2.22. The third-order valence-corrected chi connectivity index (χ3v) is 4.08. The third-order valence-electron chi connectivity index (χ3n) is 3.55. The van der Waals surface area contributed by atoms with Crippen molar-refractivity contribution >= 4 is 45.1 Å². The van der Waals surface area contributed by atoms with Crippen molar-refractivity contribution in [1.29, 1.82) is 0 Å². The average molecular weight is 473 g/mol. The quantitative estimate of drug-likeness (QED) is 0.586. The van der Waals surface area contributed by atoms with Crippen molar-refractivity contribution in [2.45, 2.75) is 19.0 Å². The molecule has 0 heterocycles. The van der Waals surface area contributed by atoms with E-state index in [1.807, 2.05) is 0 Å². The molecule has 0 aliphatic carbocycles. The van der Waals surface area contributed by atoms with Crippen LogP contribution < -0.4 is 10.6 Å². The molecule has 0 unspecified atom stereocenters. The van der Waals surface area contributed by atoms with Gasteiger partial charge in [-0.1, -0.05) is 28.1 Å². The summed E-state index contributed by atoms with van der Waals surface area (Å²) in [6.07, 6.45) is -5.09. The maximum atomic E-state index is 12.9. The van der Waals surface area contributed by atoms with E-state index >= 15 is 0 Å². The minimum atomic E-state index is -4.64. The van der Waals surface area contributed by atoms with Crippen molar-refractivity contribution in [3.05, 3.63) is 58.6 Å². The largest absolute Gasteiger partial charge is 0.456 e. The Labute approximate surface area is 172 Å². The second-order valence-electron chi connectivity index (χ2n) is 5.81. The van der Waals surface area contributed by atoms with Gasteiger partial charge in [-0.15, -0.1) is 0 Å². The zero-order valence-corrected chi connectivity index (χ0v) is 16.5. The number of hydrogen-bond acceptors (Lipinski definition) is 4. The SMILES string of the molecule is O=C(CCC(=O)OCC(=O)Nc1ccccc1C(F)(F)F)Nc1ccc(Br)cc1. The van der Waals surface area contributed by atoms with Crippen LogP contribution >= 0.6 is 15.9 Å². The predicted octanol–water partition coefficient (Wildman–Crippen LogP) is 4.37. The summed E-state index contributed by atoms with van der Waals surface area (Å²) in [7, 11) is 0. The van der Waals surface area contributed by atoms with Crippen LogP contribution in [0, 0.1) is 0 Å². The van der Waals surface area contributed by atoms with Crippen LogP contribution in [0.2, 0.25) is 0 Å². The van der Waals surface area contributed by atoms with Gasteiger partial charge in [-0.25, -0.2) is 0 Å². The lowest BCUT2D eigenvalue weighted by Crippen LogP contribution is -2.23. The molecule has 0 aliphatic rings. The first-order chi connectivity index (χ1) is 13.6. The summed E-state index contributed by atoms with van der Waals surface area (Å²) in [6.45, 7) is -0.765. The number of benzene rings is 2. The van der Waals surface area contributed by atoms with Crippen LogP contribution in [0.15, 0.2) is 53.0 Å². The molecule has 10 heteroatoms. The Morgan fingerprint density at radius 1 is 0.897 bits per heavy atom. The second-order valence-corrected chi connectivity index (χ2v) is 6.72. The molecule has 6 nitrogen and oxygen atoms in total. The highest BCUT2D eigenvalue weighted by Gasteiger charge is 2.33. The zero-order chi connectivity index (χ0) is 21.4. The monoisotopic (exact) mass is 472 g/mol. The number of carbonyl (C=O) groups excluding carboxylic acids is 3. The summed E-state index contributed by atoms with van der Waals surface area (Å²) >= 11 is 3.26. The lowest BCUT2D eigenvalue weighted by atomic mass is 10.1. The van der Waals surface area contributed by atoms with Gasteiger partial charge in [0.1, 0.15) is 0 Å². The molecule has 0 aromatic heterocycles. The van der Waals surface area contributed by atoms with Gasteiger partial charge in [0.25, 0.3) is 5.91 Å². The molecule has 0 fully saturated rings. The second kappa shape index (κ2) is 10.1. The Bertz CT molecular complexity index is 886. The van der Waals surface area contributed by atoms with E-state index in [1.54, 1.807) is 24.3 Å². The fraction of sp³-hybridized carbons (Fsp3) is 0.211. The van der Waals surface area contributed by atoms with E-state index < -0.39 is 41.8 Å². The normalized spacial score (nSPS) is 10.9. The molecule has 0 saturated heterocycles. The summed E-state index contributed by atoms with van der Waals surface area (Å²) in [5, 5.41) is 4.64. The van der Waals surface area contributed by atoms with Crippen molar-refractivity contribution in [2.24, 2.45) is 0 Å². The predicted molar refractivity (Wildman–Crippen MR) is 103 cm³/mol. The lowest BCUT2D eigenvalue weighted by molar-refractivity contribution is -0.148.